The van der Waals surface area contributed by atoms with Crippen molar-refractivity contribution in [3.05, 3.63) is 24.3 Å². The summed E-state index contributed by atoms with van der Waals surface area (Å²) in [7, 11) is 0. The molecule has 2 aliphatic heterocycles. The van der Waals surface area contributed by atoms with Crippen LogP contribution >= 0.6 is 0 Å². The SMILES string of the molecule is C1=CC2(C3CC4C=CC3O4)CCC1CC2. The molecule has 0 spiro atoms. The molecular formula is C14H18O. The second-order valence-electron chi connectivity index (χ2n) is 5.80. The monoisotopic (exact) mass is 202 g/mol. The molecule has 1 nitrogen and oxygen atoms in total. The maximum atomic E-state index is 5.94. The number of hydrogen-bond donors (Lipinski definition) is 0. The van der Waals surface area contributed by atoms with E-state index in [0.717, 1.165) is 11.8 Å². The Labute approximate surface area is 91.2 Å². The molecule has 1 saturated heterocycles. The molecule has 5 rings (SSSR count). The van der Waals surface area contributed by atoms with Gasteiger partial charge in [0.05, 0.1) is 12.2 Å². The zero-order chi connectivity index (χ0) is 9.88. The number of hydrogen-bond acceptors (Lipinski definition) is 1. The Hall–Kier alpha value is -0.560. The maximum absolute atomic E-state index is 5.94. The second-order valence-corrected chi connectivity index (χ2v) is 5.80. The molecule has 0 aromatic carbocycles. The fourth-order valence-electron chi connectivity index (χ4n) is 4.19. The molecule has 0 amide bonds. The first-order valence-electron chi connectivity index (χ1n) is 6.39. The lowest BCUT2D eigenvalue weighted by atomic mass is 9.57. The van der Waals surface area contributed by atoms with Gasteiger partial charge < -0.3 is 4.74 Å². The van der Waals surface area contributed by atoms with Gasteiger partial charge in [0, 0.05) is 5.92 Å². The van der Waals surface area contributed by atoms with Gasteiger partial charge in [-0.05, 0) is 43.4 Å². The third-order valence-electron chi connectivity index (χ3n) is 5.13. The molecule has 5 aliphatic rings. The molecule has 3 aliphatic carbocycles. The molecule has 3 atom stereocenters. The zero-order valence-corrected chi connectivity index (χ0v) is 9.06. The molecule has 1 saturated carbocycles. The summed E-state index contributed by atoms with van der Waals surface area (Å²) in [5.74, 6) is 1.69. The summed E-state index contributed by atoms with van der Waals surface area (Å²) in [4.78, 5) is 0. The van der Waals surface area contributed by atoms with Crippen LogP contribution in [0.5, 0.6) is 0 Å². The third kappa shape index (κ3) is 1.08. The minimum atomic E-state index is 0.439. The average molecular weight is 202 g/mol. The van der Waals surface area contributed by atoms with Gasteiger partial charge in [0.1, 0.15) is 0 Å². The normalized spacial score (nSPS) is 55.5. The molecule has 0 aromatic rings. The van der Waals surface area contributed by atoms with E-state index in [1.54, 1.807) is 0 Å². The summed E-state index contributed by atoms with van der Waals surface area (Å²) in [5.41, 5.74) is 0.513. The van der Waals surface area contributed by atoms with E-state index in [1.165, 1.54) is 32.1 Å². The van der Waals surface area contributed by atoms with Crippen LogP contribution in [-0.2, 0) is 4.74 Å². The van der Waals surface area contributed by atoms with Crippen molar-refractivity contribution < 1.29 is 4.74 Å². The van der Waals surface area contributed by atoms with E-state index in [9.17, 15) is 0 Å². The van der Waals surface area contributed by atoms with E-state index in [4.69, 9.17) is 4.74 Å². The van der Waals surface area contributed by atoms with E-state index in [-0.39, 0.29) is 0 Å². The molecule has 0 aromatic heterocycles. The predicted molar refractivity (Wildman–Crippen MR) is 59.4 cm³/mol. The third-order valence-corrected chi connectivity index (χ3v) is 5.13. The molecular weight excluding hydrogens is 184 g/mol. The van der Waals surface area contributed by atoms with E-state index in [2.05, 4.69) is 24.3 Å². The molecule has 2 heterocycles. The lowest BCUT2D eigenvalue weighted by molar-refractivity contribution is 0.0568. The van der Waals surface area contributed by atoms with E-state index in [1.807, 2.05) is 0 Å². The summed E-state index contributed by atoms with van der Waals surface area (Å²) < 4.78 is 5.94. The van der Waals surface area contributed by atoms with Gasteiger partial charge in [-0.15, -0.1) is 0 Å². The van der Waals surface area contributed by atoms with E-state index in [0.29, 0.717) is 17.6 Å². The van der Waals surface area contributed by atoms with Crippen LogP contribution in [0.25, 0.3) is 0 Å². The van der Waals surface area contributed by atoms with Gasteiger partial charge in [0.15, 0.2) is 0 Å². The van der Waals surface area contributed by atoms with Crippen LogP contribution in [0.2, 0.25) is 0 Å². The number of rotatable bonds is 1. The highest BCUT2D eigenvalue weighted by molar-refractivity contribution is 5.21. The van der Waals surface area contributed by atoms with E-state index < -0.39 is 0 Å². The maximum Gasteiger partial charge on any atom is 0.0802 e. The van der Waals surface area contributed by atoms with Crippen LogP contribution in [0, 0.1) is 17.3 Å². The summed E-state index contributed by atoms with van der Waals surface area (Å²) in [6.07, 6.45) is 17.4. The van der Waals surface area contributed by atoms with Crippen molar-refractivity contribution in [2.75, 3.05) is 0 Å². The van der Waals surface area contributed by atoms with Crippen LogP contribution < -0.4 is 0 Å². The Kier molecular flexibility index (Phi) is 1.58. The number of allylic oxidation sites excluding steroid dienone is 2. The van der Waals surface area contributed by atoms with Crippen LogP contribution in [0.3, 0.4) is 0 Å². The Bertz CT molecular complexity index is 333. The highest BCUT2D eigenvalue weighted by Gasteiger charge is 2.50. The van der Waals surface area contributed by atoms with Gasteiger partial charge in [0.25, 0.3) is 0 Å². The summed E-state index contributed by atoms with van der Waals surface area (Å²) >= 11 is 0. The molecule has 0 N–H and O–H groups in total. The van der Waals surface area contributed by atoms with Gasteiger partial charge in [-0.1, -0.05) is 24.3 Å². The minimum absolute atomic E-state index is 0.439. The Balaban J connectivity index is 1.69. The lowest BCUT2D eigenvalue weighted by Crippen LogP contribution is -2.40. The molecule has 4 bridgehead atoms. The van der Waals surface area contributed by atoms with E-state index >= 15 is 0 Å². The topological polar surface area (TPSA) is 9.23 Å². The number of fused-ring (bicyclic) bond motifs is 4. The smallest absolute Gasteiger partial charge is 0.0802 e. The van der Waals surface area contributed by atoms with Crippen LogP contribution in [0.1, 0.15) is 32.1 Å². The second kappa shape index (κ2) is 2.76. The van der Waals surface area contributed by atoms with Crippen molar-refractivity contribution >= 4 is 0 Å². The summed E-state index contributed by atoms with van der Waals surface area (Å²) in [5, 5.41) is 0. The average Bonchev–Trinajstić information content (AvgIpc) is 2.93. The van der Waals surface area contributed by atoms with Crippen molar-refractivity contribution in [2.45, 2.75) is 44.3 Å². The first-order valence-corrected chi connectivity index (χ1v) is 6.39. The first kappa shape index (κ1) is 8.58. The highest BCUT2D eigenvalue weighted by atomic mass is 16.5. The van der Waals surface area contributed by atoms with Gasteiger partial charge >= 0.3 is 0 Å². The van der Waals surface area contributed by atoms with Crippen molar-refractivity contribution in [2.24, 2.45) is 17.3 Å². The predicted octanol–water partition coefficient (Wildman–Crippen LogP) is 3.08. The van der Waals surface area contributed by atoms with Crippen LogP contribution in [-0.4, -0.2) is 12.2 Å². The van der Waals surface area contributed by atoms with Crippen LogP contribution in [0.4, 0.5) is 0 Å². The van der Waals surface area contributed by atoms with Crippen molar-refractivity contribution in [3.8, 4) is 0 Å². The molecule has 80 valence electrons. The largest absolute Gasteiger partial charge is 0.367 e. The highest BCUT2D eigenvalue weighted by Crippen LogP contribution is 2.56. The van der Waals surface area contributed by atoms with Gasteiger partial charge in [0.2, 0.25) is 0 Å². The summed E-state index contributed by atoms with van der Waals surface area (Å²) in [6, 6.07) is 0. The van der Waals surface area contributed by atoms with Gasteiger partial charge in [-0.2, -0.15) is 0 Å². The fraction of sp³-hybridized carbons (Fsp3) is 0.714. The zero-order valence-electron chi connectivity index (χ0n) is 9.06. The summed E-state index contributed by atoms with van der Waals surface area (Å²) in [6.45, 7) is 0. The molecule has 1 heteroatoms. The van der Waals surface area contributed by atoms with Crippen molar-refractivity contribution in [3.63, 3.8) is 0 Å². The Morgan fingerprint density at radius 3 is 2.47 bits per heavy atom. The molecule has 15 heavy (non-hydrogen) atoms. The van der Waals surface area contributed by atoms with Crippen molar-refractivity contribution in [1.29, 1.82) is 0 Å². The molecule has 2 fully saturated rings. The van der Waals surface area contributed by atoms with Gasteiger partial charge in [-0.25, -0.2) is 0 Å². The number of ether oxygens (including phenoxy) is 1. The Morgan fingerprint density at radius 2 is 1.93 bits per heavy atom. The minimum Gasteiger partial charge on any atom is -0.367 e. The van der Waals surface area contributed by atoms with Crippen LogP contribution in [0.15, 0.2) is 24.3 Å². The van der Waals surface area contributed by atoms with Crippen molar-refractivity contribution in [1.82, 2.24) is 0 Å². The molecule has 3 unspecified atom stereocenters. The molecule has 0 radical (unpaired) electrons. The first-order chi connectivity index (χ1) is 7.36. The standard InChI is InChI=1S/C14H18O/c1-2-13-12(9-11(1)15-13)14-6-3-10(4-7-14)5-8-14/h1-3,6,10-13H,4-5,7-9H2. The lowest BCUT2D eigenvalue weighted by Gasteiger charge is -2.47. The van der Waals surface area contributed by atoms with Gasteiger partial charge in [-0.3, -0.25) is 0 Å². The Morgan fingerprint density at radius 1 is 1.07 bits per heavy atom. The fourth-order valence-corrected chi connectivity index (χ4v) is 4.19. The quantitative estimate of drug-likeness (QED) is 0.594.